The minimum absolute atomic E-state index is 0.209. The number of carbonyl (C=O) groups is 2. The molecule has 0 aromatic rings. The summed E-state index contributed by atoms with van der Waals surface area (Å²) in [6, 6.07) is -1.09. The molecule has 0 bridgehead atoms. The molecule has 12 heavy (non-hydrogen) atoms. The van der Waals surface area contributed by atoms with E-state index >= 15 is 0 Å². The highest BCUT2D eigenvalue weighted by Crippen LogP contribution is 2.25. The van der Waals surface area contributed by atoms with Crippen molar-refractivity contribution in [3.63, 3.8) is 0 Å². The molecule has 1 heterocycles. The highest BCUT2D eigenvalue weighted by Gasteiger charge is 2.41. The van der Waals surface area contributed by atoms with E-state index in [-0.39, 0.29) is 6.20 Å². The first kappa shape index (κ1) is 8.57. The summed E-state index contributed by atoms with van der Waals surface area (Å²) in [5.41, 5.74) is -1.47. The first-order chi connectivity index (χ1) is 5.41. The van der Waals surface area contributed by atoms with E-state index in [0.29, 0.717) is 0 Å². The molecule has 7 heteroatoms. The van der Waals surface area contributed by atoms with Crippen LogP contribution in [0.5, 0.6) is 0 Å². The van der Waals surface area contributed by atoms with Gasteiger partial charge in [-0.3, -0.25) is 10.1 Å². The molecular weight excluding hydrogens is 177 g/mol. The average molecular weight is 179 g/mol. The van der Waals surface area contributed by atoms with Gasteiger partial charge in [-0.1, -0.05) is 0 Å². The molecule has 0 spiro atoms. The maximum atomic E-state index is 11.8. The van der Waals surface area contributed by atoms with Crippen LogP contribution in [-0.4, -0.2) is 18.1 Å². The van der Waals surface area contributed by atoms with Crippen LogP contribution in [0.2, 0.25) is 0 Å². The number of amides is 3. The van der Waals surface area contributed by atoms with E-state index in [0.717, 1.165) is 0 Å². The molecule has 1 rings (SSSR count). The zero-order chi connectivity index (χ0) is 9.35. The van der Waals surface area contributed by atoms with Crippen LogP contribution in [0, 0.1) is 0 Å². The summed E-state index contributed by atoms with van der Waals surface area (Å²) in [6.07, 6.45) is -4.56. The molecule has 1 aliphatic rings. The number of imide groups is 1. The van der Waals surface area contributed by atoms with E-state index in [2.05, 4.69) is 5.32 Å². The minimum atomic E-state index is -4.77. The standard InChI is InChI=1S/C5H2F3N2O2/c6-5(7,8)2-1-9-4(12)10-3(2)11/h1H,(H,10,11,12). The van der Waals surface area contributed by atoms with E-state index in [1.165, 1.54) is 5.32 Å². The number of halogens is 3. The molecule has 0 saturated heterocycles. The fourth-order valence-electron chi connectivity index (χ4n) is 0.580. The molecule has 1 aliphatic heterocycles. The van der Waals surface area contributed by atoms with Crippen molar-refractivity contribution in [2.75, 3.05) is 0 Å². The minimum Gasteiger partial charge on any atom is -0.272 e. The molecule has 0 atom stereocenters. The summed E-state index contributed by atoms with van der Waals surface area (Å²) in [6.45, 7) is 0. The number of rotatable bonds is 0. The summed E-state index contributed by atoms with van der Waals surface area (Å²) in [7, 11) is 0. The second kappa shape index (κ2) is 2.50. The van der Waals surface area contributed by atoms with Gasteiger partial charge >= 0.3 is 12.2 Å². The molecule has 4 nitrogen and oxygen atoms in total. The summed E-state index contributed by atoms with van der Waals surface area (Å²) in [4.78, 5) is 20.7. The molecule has 65 valence electrons. The Morgan fingerprint density at radius 2 is 1.92 bits per heavy atom. The van der Waals surface area contributed by atoms with Crippen LogP contribution in [0.1, 0.15) is 0 Å². The molecule has 0 saturated carbocycles. The number of urea groups is 1. The summed E-state index contributed by atoms with van der Waals surface area (Å²) in [5.74, 6) is -1.47. The van der Waals surface area contributed by atoms with Crippen LogP contribution in [0.4, 0.5) is 18.0 Å². The number of nitrogens with one attached hydrogen (secondary N) is 1. The van der Waals surface area contributed by atoms with Crippen LogP contribution >= 0.6 is 0 Å². The smallest absolute Gasteiger partial charge is 0.272 e. The second-order valence-corrected chi connectivity index (χ2v) is 1.93. The lowest BCUT2D eigenvalue weighted by molar-refractivity contribution is -0.130. The second-order valence-electron chi connectivity index (χ2n) is 1.93. The highest BCUT2D eigenvalue weighted by atomic mass is 19.4. The molecule has 3 amide bonds. The van der Waals surface area contributed by atoms with Gasteiger partial charge in [0.2, 0.25) is 0 Å². The van der Waals surface area contributed by atoms with Gasteiger partial charge in [0.05, 0.1) is 6.20 Å². The number of alkyl halides is 3. The fourth-order valence-corrected chi connectivity index (χ4v) is 0.580. The number of hydrogen-bond acceptors (Lipinski definition) is 2. The zero-order valence-electron chi connectivity index (χ0n) is 5.47. The fraction of sp³-hybridized carbons (Fsp3) is 0.200. The van der Waals surface area contributed by atoms with Crippen molar-refractivity contribution in [3.8, 4) is 0 Å². The zero-order valence-corrected chi connectivity index (χ0v) is 5.47. The number of carbonyl (C=O) groups excluding carboxylic acids is 2. The molecular formula is C5H2F3N2O2. The van der Waals surface area contributed by atoms with E-state index < -0.39 is 23.7 Å². The first-order valence-corrected chi connectivity index (χ1v) is 2.75. The Kier molecular flexibility index (Phi) is 1.79. The van der Waals surface area contributed by atoms with Crippen molar-refractivity contribution < 1.29 is 22.8 Å². The van der Waals surface area contributed by atoms with Crippen molar-refractivity contribution >= 4 is 11.9 Å². The van der Waals surface area contributed by atoms with Gasteiger partial charge in [0.1, 0.15) is 5.57 Å². The van der Waals surface area contributed by atoms with Crippen LogP contribution in [0.25, 0.3) is 0 Å². The Morgan fingerprint density at radius 1 is 1.33 bits per heavy atom. The summed E-state index contributed by atoms with van der Waals surface area (Å²) < 4.78 is 35.5. The first-order valence-electron chi connectivity index (χ1n) is 2.75. The van der Waals surface area contributed by atoms with E-state index in [1.54, 1.807) is 0 Å². The number of hydrogen-bond donors (Lipinski definition) is 1. The topological polar surface area (TPSA) is 60.3 Å². The van der Waals surface area contributed by atoms with Gasteiger partial charge in [0.15, 0.2) is 0 Å². The van der Waals surface area contributed by atoms with Crippen molar-refractivity contribution in [2.24, 2.45) is 0 Å². The normalized spacial score (nSPS) is 18.1. The third-order valence-corrected chi connectivity index (χ3v) is 1.08. The molecule has 1 N–H and O–H groups in total. The largest absolute Gasteiger partial charge is 0.423 e. The van der Waals surface area contributed by atoms with E-state index in [4.69, 9.17) is 0 Å². The van der Waals surface area contributed by atoms with Crippen LogP contribution in [-0.2, 0) is 4.79 Å². The van der Waals surface area contributed by atoms with Gasteiger partial charge < -0.3 is 0 Å². The molecule has 0 aromatic carbocycles. The Bertz CT molecular complexity index is 268. The van der Waals surface area contributed by atoms with Crippen molar-refractivity contribution in [3.05, 3.63) is 11.8 Å². The third kappa shape index (κ3) is 1.55. The van der Waals surface area contributed by atoms with E-state index in [1.807, 2.05) is 0 Å². The van der Waals surface area contributed by atoms with Gasteiger partial charge in [-0.25, -0.2) is 10.1 Å². The maximum Gasteiger partial charge on any atom is 0.423 e. The van der Waals surface area contributed by atoms with Crippen molar-refractivity contribution in [1.29, 1.82) is 0 Å². The average Bonchev–Trinajstić information content (AvgIpc) is 1.83. The summed E-state index contributed by atoms with van der Waals surface area (Å²) in [5, 5.41) is 4.18. The van der Waals surface area contributed by atoms with Crippen molar-refractivity contribution in [1.82, 2.24) is 10.6 Å². The highest BCUT2D eigenvalue weighted by molar-refractivity contribution is 6.07. The quantitative estimate of drug-likeness (QED) is 0.580. The van der Waals surface area contributed by atoms with Crippen molar-refractivity contribution in [2.45, 2.75) is 6.18 Å². The van der Waals surface area contributed by atoms with Crippen LogP contribution in [0.15, 0.2) is 11.8 Å². The molecule has 0 aliphatic carbocycles. The lowest BCUT2D eigenvalue weighted by Gasteiger charge is -2.13. The Balaban J connectivity index is 2.92. The lowest BCUT2D eigenvalue weighted by Crippen LogP contribution is -2.43. The summed E-state index contributed by atoms with van der Waals surface area (Å²) >= 11 is 0. The molecule has 0 aromatic heterocycles. The van der Waals surface area contributed by atoms with Gasteiger partial charge in [-0.05, 0) is 0 Å². The Hall–Kier alpha value is -1.53. The predicted molar refractivity (Wildman–Crippen MR) is 29.8 cm³/mol. The number of nitrogens with zero attached hydrogens (tertiary/aromatic N) is 1. The van der Waals surface area contributed by atoms with Gasteiger partial charge in [0.25, 0.3) is 5.91 Å². The molecule has 0 fully saturated rings. The molecule has 1 radical (unpaired) electrons. The molecule has 0 unspecified atom stereocenters. The monoisotopic (exact) mass is 179 g/mol. The van der Waals surface area contributed by atoms with Gasteiger partial charge in [-0.15, -0.1) is 0 Å². The van der Waals surface area contributed by atoms with Crippen LogP contribution < -0.4 is 10.6 Å². The van der Waals surface area contributed by atoms with E-state index in [9.17, 15) is 22.8 Å². The Labute approximate surface area is 64.4 Å². The Morgan fingerprint density at radius 3 is 2.33 bits per heavy atom. The lowest BCUT2D eigenvalue weighted by atomic mass is 10.2. The predicted octanol–water partition coefficient (Wildman–Crippen LogP) is 0.287. The maximum absolute atomic E-state index is 11.8. The third-order valence-electron chi connectivity index (χ3n) is 1.08. The van der Waals surface area contributed by atoms with Gasteiger partial charge in [-0.2, -0.15) is 13.2 Å². The SMILES string of the molecule is O=C1[N]C=C(C(F)(F)F)C(=O)N1. The van der Waals surface area contributed by atoms with Crippen LogP contribution in [0.3, 0.4) is 0 Å². The van der Waals surface area contributed by atoms with Gasteiger partial charge in [0, 0.05) is 0 Å².